The minimum Gasteiger partial charge on any atom is -0.378 e. The molecule has 1 aromatic carbocycles. The van der Waals surface area contributed by atoms with Gasteiger partial charge in [0, 0.05) is 26.9 Å². The van der Waals surface area contributed by atoms with E-state index in [0.29, 0.717) is 0 Å². The van der Waals surface area contributed by atoms with Crippen molar-refractivity contribution in [2.24, 2.45) is 0 Å². The predicted octanol–water partition coefficient (Wildman–Crippen LogP) is 2.53. The fourth-order valence-corrected chi connectivity index (χ4v) is 0.726. The van der Waals surface area contributed by atoms with E-state index in [9.17, 15) is 0 Å². The molecule has 3 nitrogen and oxygen atoms in total. The van der Waals surface area contributed by atoms with E-state index in [2.05, 4.69) is 45.6 Å². The fourth-order valence-electron chi connectivity index (χ4n) is 0.726. The zero-order valence-electron chi connectivity index (χ0n) is 8.99. The number of nitrogens with zero attached hydrogens (tertiary/aromatic N) is 1. The van der Waals surface area contributed by atoms with Crippen molar-refractivity contribution in [3.8, 4) is 0 Å². The highest BCUT2D eigenvalue weighted by Gasteiger charge is 1.97. The molecule has 0 bridgehead atoms. The summed E-state index contributed by atoms with van der Waals surface area (Å²) in [5.41, 5.74) is -1.37. The summed E-state index contributed by atoms with van der Waals surface area (Å²) in [6.07, 6.45) is 0. The van der Waals surface area contributed by atoms with Gasteiger partial charge < -0.3 is 14.3 Å². The first-order chi connectivity index (χ1) is 6.87. The van der Waals surface area contributed by atoms with Crippen LogP contribution in [-0.2, 0) is 16.3 Å². The van der Waals surface area contributed by atoms with Gasteiger partial charge in [-0.05, 0) is 23.9 Å². The van der Waals surface area contributed by atoms with Gasteiger partial charge >= 0.3 is 0 Å². The van der Waals surface area contributed by atoms with Gasteiger partial charge in [0.1, 0.15) is 0 Å². The van der Waals surface area contributed by atoms with E-state index in [4.69, 9.17) is 4.89 Å². The average molecular weight is 265 g/mol. The van der Waals surface area contributed by atoms with Gasteiger partial charge in [0.25, 0.3) is 0 Å². The van der Waals surface area contributed by atoms with Gasteiger partial charge in [0.15, 0.2) is 0 Å². The smallest absolute Gasteiger partial charge is 0.241 e. The standard InChI is InChI=1S/C8H11N.CH5O2PS2/c1-9(2)8-6-4-3-5-7-8;1-3-4(2,5)6/h3-7H,1-2H3;1H3,(H2,2,5,6). The molecule has 0 aromatic heterocycles. The molecule has 0 spiro atoms. The fraction of sp³-hybridized carbons (Fsp3) is 0.333. The number of benzene rings is 1. The van der Waals surface area contributed by atoms with E-state index in [1.54, 1.807) is 0 Å². The van der Waals surface area contributed by atoms with Crippen LogP contribution in [0.25, 0.3) is 0 Å². The Morgan fingerprint density at radius 1 is 1.33 bits per heavy atom. The Kier molecular flexibility index (Phi) is 7.22. The van der Waals surface area contributed by atoms with Gasteiger partial charge in [0.05, 0.1) is 0 Å². The molecule has 0 amide bonds. The zero-order valence-corrected chi connectivity index (χ0v) is 11.6. The van der Waals surface area contributed by atoms with Crippen LogP contribution in [0.5, 0.6) is 0 Å². The van der Waals surface area contributed by atoms with Gasteiger partial charge in [-0.15, -0.1) is 0 Å². The molecule has 0 aliphatic rings. The molecule has 86 valence electrons. The number of thiol groups is 1. The lowest BCUT2D eigenvalue weighted by Gasteiger charge is -2.10. The maximum absolute atomic E-state index is 8.39. The second-order valence-corrected chi connectivity index (χ2v) is 8.17. The van der Waals surface area contributed by atoms with E-state index in [0.717, 1.165) is 0 Å². The van der Waals surface area contributed by atoms with Crippen molar-refractivity contribution in [3.05, 3.63) is 30.3 Å². The molecule has 0 aliphatic heterocycles. The van der Waals surface area contributed by atoms with Crippen LogP contribution in [0, 0.1) is 0 Å². The molecule has 15 heavy (non-hydrogen) atoms. The first kappa shape index (κ1) is 14.9. The Morgan fingerprint density at radius 3 is 1.93 bits per heavy atom. The summed E-state index contributed by atoms with van der Waals surface area (Å²) in [6.45, 7) is 0. The third kappa shape index (κ3) is 8.90. The molecule has 1 aromatic rings. The predicted molar refractivity (Wildman–Crippen MR) is 73.3 cm³/mol. The van der Waals surface area contributed by atoms with Crippen molar-refractivity contribution in [3.63, 3.8) is 0 Å². The highest BCUT2D eigenvalue weighted by molar-refractivity contribution is 8.59. The highest BCUT2D eigenvalue weighted by atomic mass is 32.9. The molecule has 6 heteroatoms. The van der Waals surface area contributed by atoms with Crippen molar-refractivity contribution in [2.45, 2.75) is 0 Å². The van der Waals surface area contributed by atoms with Crippen LogP contribution in [0.15, 0.2) is 30.3 Å². The number of rotatable bonds is 2. The Labute approximate surface area is 101 Å². The third-order valence-electron chi connectivity index (χ3n) is 1.51. The van der Waals surface area contributed by atoms with Crippen molar-refractivity contribution >= 4 is 35.4 Å². The SMILES string of the molecule is CN(C)c1ccccc1.COP(O)(=S)S. The van der Waals surface area contributed by atoms with Crippen LogP contribution >= 0.6 is 17.9 Å². The molecule has 0 radical (unpaired) electrons. The van der Waals surface area contributed by atoms with E-state index in [1.807, 2.05) is 32.3 Å². The number of anilines is 1. The van der Waals surface area contributed by atoms with Crippen molar-refractivity contribution in [1.82, 2.24) is 0 Å². The van der Waals surface area contributed by atoms with Crippen molar-refractivity contribution < 1.29 is 9.42 Å². The summed E-state index contributed by atoms with van der Waals surface area (Å²) in [4.78, 5) is 10.5. The number of hydrogen-bond donors (Lipinski definition) is 2. The summed E-state index contributed by atoms with van der Waals surface area (Å²) < 4.78 is 4.28. The van der Waals surface area contributed by atoms with Crippen molar-refractivity contribution in [2.75, 3.05) is 26.1 Å². The lowest BCUT2D eigenvalue weighted by Crippen LogP contribution is -2.07. The van der Waals surface area contributed by atoms with Crippen LogP contribution in [-0.4, -0.2) is 26.1 Å². The summed E-state index contributed by atoms with van der Waals surface area (Å²) >= 11 is 7.81. The van der Waals surface area contributed by atoms with Crippen LogP contribution in [0.3, 0.4) is 0 Å². The van der Waals surface area contributed by atoms with Crippen LogP contribution in [0.4, 0.5) is 5.69 Å². The van der Waals surface area contributed by atoms with E-state index in [1.165, 1.54) is 12.8 Å². The number of para-hydroxylation sites is 1. The van der Waals surface area contributed by atoms with Gasteiger partial charge in [0.2, 0.25) is 5.69 Å². The van der Waals surface area contributed by atoms with Crippen LogP contribution in [0.2, 0.25) is 0 Å². The van der Waals surface area contributed by atoms with E-state index >= 15 is 0 Å². The monoisotopic (exact) mass is 265 g/mol. The van der Waals surface area contributed by atoms with Gasteiger partial charge in [-0.2, -0.15) is 0 Å². The lowest BCUT2D eigenvalue weighted by atomic mass is 10.3. The Morgan fingerprint density at radius 2 is 1.73 bits per heavy atom. The minimum atomic E-state index is -2.62. The molecule has 1 unspecified atom stereocenters. The van der Waals surface area contributed by atoms with Crippen LogP contribution < -0.4 is 4.90 Å². The molecular weight excluding hydrogens is 249 g/mol. The molecule has 1 N–H and O–H groups in total. The Balaban J connectivity index is 0.000000288. The third-order valence-corrected chi connectivity index (χ3v) is 2.92. The molecule has 1 rings (SSSR count). The van der Waals surface area contributed by atoms with E-state index < -0.39 is 5.69 Å². The van der Waals surface area contributed by atoms with E-state index in [-0.39, 0.29) is 0 Å². The quantitative estimate of drug-likeness (QED) is 0.636. The first-order valence-corrected chi connectivity index (χ1v) is 8.03. The van der Waals surface area contributed by atoms with Gasteiger partial charge in [-0.1, -0.05) is 30.4 Å². The van der Waals surface area contributed by atoms with Gasteiger partial charge in [-0.25, -0.2) is 0 Å². The van der Waals surface area contributed by atoms with Crippen LogP contribution in [0.1, 0.15) is 0 Å². The topological polar surface area (TPSA) is 32.7 Å². The summed E-state index contributed by atoms with van der Waals surface area (Å²) in [7, 11) is 5.40. The maximum atomic E-state index is 8.39. The molecule has 0 fully saturated rings. The maximum Gasteiger partial charge on any atom is 0.241 e. The zero-order chi connectivity index (χ0) is 11.9. The van der Waals surface area contributed by atoms with Crippen molar-refractivity contribution in [1.29, 1.82) is 0 Å². The number of hydrogen-bond acceptors (Lipinski definition) is 3. The highest BCUT2D eigenvalue weighted by Crippen LogP contribution is 2.45. The average Bonchev–Trinajstić information content (AvgIpc) is 2.19. The summed E-state index contributed by atoms with van der Waals surface area (Å²) in [5, 5.41) is 0. The first-order valence-electron chi connectivity index (χ1n) is 4.20. The Bertz CT molecular complexity index is 313. The minimum absolute atomic E-state index is 1.25. The molecule has 1 atom stereocenters. The van der Waals surface area contributed by atoms with Gasteiger partial charge in [-0.3, -0.25) is 0 Å². The molecular formula is C9H16NO2PS2. The molecule has 0 heterocycles. The summed E-state index contributed by atoms with van der Waals surface area (Å²) in [6, 6.07) is 10.3. The second kappa shape index (κ2) is 7.25. The summed E-state index contributed by atoms with van der Waals surface area (Å²) in [5.74, 6) is 0. The second-order valence-electron chi connectivity index (χ2n) is 2.90. The molecule has 0 saturated carbocycles. The lowest BCUT2D eigenvalue weighted by molar-refractivity contribution is 0.405. The largest absolute Gasteiger partial charge is 0.378 e. The normalized spacial score (nSPS) is 13.4. The molecule has 0 saturated heterocycles. The molecule has 0 aliphatic carbocycles. The Hall–Kier alpha value is -0.0600.